The van der Waals surface area contributed by atoms with Gasteiger partial charge in [0.25, 0.3) is 11.6 Å². The van der Waals surface area contributed by atoms with Crippen LogP contribution in [0, 0.1) is 10.1 Å². The third-order valence-corrected chi connectivity index (χ3v) is 3.68. The summed E-state index contributed by atoms with van der Waals surface area (Å²) in [5, 5.41) is 22.4. The van der Waals surface area contributed by atoms with Gasteiger partial charge in [-0.25, -0.2) is 0 Å². The molecular weight excluding hydrogens is 286 g/mol. The Labute approximate surface area is 118 Å². The first-order valence-corrected chi connectivity index (χ1v) is 6.39. The van der Waals surface area contributed by atoms with Crippen LogP contribution in [0.15, 0.2) is 24.3 Å². The number of aliphatic hydroxyl groups is 1. The van der Waals surface area contributed by atoms with E-state index in [0.29, 0.717) is 6.42 Å². The van der Waals surface area contributed by atoms with Crippen molar-refractivity contribution in [1.82, 2.24) is 5.32 Å². The van der Waals surface area contributed by atoms with Gasteiger partial charge in [0.2, 0.25) is 0 Å². The molecule has 1 aliphatic carbocycles. The van der Waals surface area contributed by atoms with E-state index in [-0.39, 0.29) is 24.1 Å². The van der Waals surface area contributed by atoms with Gasteiger partial charge in [0.1, 0.15) is 5.60 Å². The number of halogens is 2. The smallest absolute Gasteiger partial charge is 0.352 e. The molecule has 0 atom stereocenters. The van der Waals surface area contributed by atoms with Gasteiger partial charge in [-0.3, -0.25) is 14.9 Å². The Bertz CT molecular complexity index is 573. The number of para-hydroxylation sites is 1. The number of rotatable bonds is 5. The lowest BCUT2D eigenvalue weighted by Gasteiger charge is -2.41. The van der Waals surface area contributed by atoms with Gasteiger partial charge >= 0.3 is 5.92 Å². The standard InChI is InChI=1S/C13H14F2N2O4/c14-13(15,12(19)6-3-7-12)11(18)16-8-9-4-1-2-5-10(9)17(20)21/h1-2,4-5,19H,3,6-8H2,(H,16,18). The summed E-state index contributed by atoms with van der Waals surface area (Å²) in [5.74, 6) is -5.53. The van der Waals surface area contributed by atoms with Crippen molar-refractivity contribution in [3.8, 4) is 0 Å². The monoisotopic (exact) mass is 300 g/mol. The third-order valence-electron chi connectivity index (χ3n) is 3.68. The first-order valence-electron chi connectivity index (χ1n) is 6.39. The Hall–Kier alpha value is -2.09. The molecule has 2 rings (SSSR count). The molecule has 0 heterocycles. The Balaban J connectivity index is 2.06. The second kappa shape index (κ2) is 5.36. The summed E-state index contributed by atoms with van der Waals surface area (Å²) in [6.07, 6.45) is 0.154. The van der Waals surface area contributed by atoms with E-state index >= 15 is 0 Å². The molecule has 0 unspecified atom stereocenters. The molecule has 0 aliphatic heterocycles. The van der Waals surface area contributed by atoms with Crippen molar-refractivity contribution >= 4 is 11.6 Å². The normalized spacial score (nSPS) is 16.9. The van der Waals surface area contributed by atoms with Crippen molar-refractivity contribution in [2.45, 2.75) is 37.3 Å². The summed E-state index contributed by atoms with van der Waals surface area (Å²) in [6, 6.07) is 5.54. The maximum atomic E-state index is 13.8. The largest absolute Gasteiger partial charge is 0.383 e. The zero-order valence-corrected chi connectivity index (χ0v) is 11.0. The van der Waals surface area contributed by atoms with Crippen molar-refractivity contribution in [3.05, 3.63) is 39.9 Å². The van der Waals surface area contributed by atoms with Gasteiger partial charge < -0.3 is 10.4 Å². The van der Waals surface area contributed by atoms with E-state index < -0.39 is 28.9 Å². The predicted molar refractivity (Wildman–Crippen MR) is 68.7 cm³/mol. The topological polar surface area (TPSA) is 92.5 Å². The van der Waals surface area contributed by atoms with Gasteiger partial charge in [-0.2, -0.15) is 8.78 Å². The number of carbonyl (C=O) groups excluding carboxylic acids is 1. The van der Waals surface area contributed by atoms with Crippen molar-refractivity contribution < 1.29 is 23.6 Å². The van der Waals surface area contributed by atoms with Gasteiger partial charge in [0.05, 0.1) is 4.92 Å². The molecule has 1 saturated carbocycles. The van der Waals surface area contributed by atoms with Gasteiger partial charge in [0, 0.05) is 18.2 Å². The van der Waals surface area contributed by atoms with E-state index in [9.17, 15) is 28.8 Å². The van der Waals surface area contributed by atoms with Crippen LogP contribution in [0.2, 0.25) is 0 Å². The first-order chi connectivity index (χ1) is 9.78. The lowest BCUT2D eigenvalue weighted by atomic mass is 9.75. The molecule has 1 aromatic rings. The summed E-state index contributed by atoms with van der Waals surface area (Å²) in [7, 11) is 0. The fraction of sp³-hybridized carbons (Fsp3) is 0.462. The SMILES string of the molecule is O=C(NCc1ccccc1[N+](=O)[O-])C(F)(F)C1(O)CCC1. The van der Waals surface area contributed by atoms with Crippen molar-refractivity contribution in [2.75, 3.05) is 0 Å². The molecule has 0 saturated heterocycles. The summed E-state index contributed by atoms with van der Waals surface area (Å²) in [5.41, 5.74) is -2.45. The quantitative estimate of drug-likeness (QED) is 0.640. The number of nitro benzene ring substituents is 1. The zero-order valence-electron chi connectivity index (χ0n) is 11.0. The molecule has 0 radical (unpaired) electrons. The van der Waals surface area contributed by atoms with Gasteiger partial charge in [-0.1, -0.05) is 18.2 Å². The lowest BCUT2D eigenvalue weighted by Crippen LogP contribution is -2.60. The van der Waals surface area contributed by atoms with Gasteiger partial charge in [-0.05, 0) is 19.3 Å². The number of alkyl halides is 2. The van der Waals surface area contributed by atoms with Crippen LogP contribution in [0.1, 0.15) is 24.8 Å². The van der Waals surface area contributed by atoms with Crippen LogP contribution in [-0.2, 0) is 11.3 Å². The molecule has 1 aliphatic rings. The molecule has 2 N–H and O–H groups in total. The van der Waals surface area contributed by atoms with E-state index in [4.69, 9.17) is 0 Å². The number of nitrogens with zero attached hydrogens (tertiary/aromatic N) is 1. The zero-order chi connectivity index (χ0) is 15.7. The molecule has 1 aromatic carbocycles. The fourth-order valence-electron chi connectivity index (χ4n) is 2.16. The minimum absolute atomic E-state index is 0.118. The summed E-state index contributed by atoms with van der Waals surface area (Å²) in [4.78, 5) is 21.7. The molecule has 0 aromatic heterocycles. The van der Waals surface area contributed by atoms with E-state index in [0.717, 1.165) is 0 Å². The summed E-state index contributed by atoms with van der Waals surface area (Å²) < 4.78 is 27.6. The molecule has 1 amide bonds. The molecule has 21 heavy (non-hydrogen) atoms. The highest BCUT2D eigenvalue weighted by molar-refractivity contribution is 5.85. The van der Waals surface area contributed by atoms with E-state index in [1.165, 1.54) is 24.3 Å². The fourth-order valence-corrected chi connectivity index (χ4v) is 2.16. The number of benzene rings is 1. The highest BCUT2D eigenvalue weighted by Crippen LogP contribution is 2.44. The van der Waals surface area contributed by atoms with Crippen LogP contribution in [0.25, 0.3) is 0 Å². The Morgan fingerprint density at radius 1 is 1.43 bits per heavy atom. The van der Waals surface area contributed by atoms with Gasteiger partial charge in [-0.15, -0.1) is 0 Å². The Morgan fingerprint density at radius 3 is 2.57 bits per heavy atom. The van der Waals surface area contributed by atoms with Crippen molar-refractivity contribution in [1.29, 1.82) is 0 Å². The van der Waals surface area contributed by atoms with Crippen LogP contribution < -0.4 is 5.32 Å². The third kappa shape index (κ3) is 2.71. The van der Waals surface area contributed by atoms with E-state index in [1.807, 2.05) is 5.32 Å². The van der Waals surface area contributed by atoms with Crippen LogP contribution in [0.4, 0.5) is 14.5 Å². The van der Waals surface area contributed by atoms with Crippen molar-refractivity contribution in [2.24, 2.45) is 0 Å². The lowest BCUT2D eigenvalue weighted by molar-refractivity contribution is -0.385. The molecule has 1 fully saturated rings. The average Bonchev–Trinajstić information content (AvgIpc) is 2.41. The maximum Gasteiger partial charge on any atom is 0.352 e. The van der Waals surface area contributed by atoms with E-state index in [1.54, 1.807) is 0 Å². The minimum atomic E-state index is -3.91. The second-order valence-corrected chi connectivity index (χ2v) is 5.03. The van der Waals surface area contributed by atoms with Crippen molar-refractivity contribution in [3.63, 3.8) is 0 Å². The summed E-state index contributed by atoms with van der Waals surface area (Å²) >= 11 is 0. The van der Waals surface area contributed by atoms with Crippen LogP contribution in [0.5, 0.6) is 0 Å². The van der Waals surface area contributed by atoms with Crippen LogP contribution >= 0.6 is 0 Å². The summed E-state index contributed by atoms with van der Waals surface area (Å²) in [6.45, 7) is -0.401. The average molecular weight is 300 g/mol. The Kier molecular flexibility index (Phi) is 3.91. The molecule has 0 bridgehead atoms. The molecule has 8 heteroatoms. The molecule has 0 spiro atoms. The van der Waals surface area contributed by atoms with Crippen LogP contribution in [0.3, 0.4) is 0 Å². The first kappa shape index (κ1) is 15.3. The number of amides is 1. The second-order valence-electron chi connectivity index (χ2n) is 5.03. The Morgan fingerprint density at radius 2 is 2.05 bits per heavy atom. The number of nitro groups is 1. The number of hydrogen-bond donors (Lipinski definition) is 2. The highest BCUT2D eigenvalue weighted by atomic mass is 19.3. The highest BCUT2D eigenvalue weighted by Gasteiger charge is 2.61. The minimum Gasteiger partial charge on any atom is -0.383 e. The number of carbonyl (C=O) groups is 1. The number of nitrogens with one attached hydrogen (secondary N) is 1. The van der Waals surface area contributed by atoms with E-state index in [2.05, 4.69) is 0 Å². The van der Waals surface area contributed by atoms with Crippen LogP contribution in [-0.4, -0.2) is 27.5 Å². The predicted octanol–water partition coefficient (Wildman–Crippen LogP) is 1.76. The number of hydrogen-bond acceptors (Lipinski definition) is 4. The molecular formula is C13H14F2N2O4. The molecule has 6 nitrogen and oxygen atoms in total. The molecule has 114 valence electrons. The van der Waals surface area contributed by atoms with Gasteiger partial charge in [0.15, 0.2) is 0 Å². The maximum absolute atomic E-state index is 13.8.